The van der Waals surface area contributed by atoms with Gasteiger partial charge in [0.1, 0.15) is 6.10 Å². The first-order valence-electron chi connectivity index (χ1n) is 6.16. The second-order valence-corrected chi connectivity index (χ2v) is 4.30. The van der Waals surface area contributed by atoms with Crippen LogP contribution in [0.15, 0.2) is 30.7 Å². The average molecular weight is 331 g/mol. The molecule has 0 radical (unpaired) electrons. The quantitative estimate of drug-likeness (QED) is 0.870. The Balaban J connectivity index is 0.00000110. The number of aromatic nitrogens is 2. The van der Waals surface area contributed by atoms with E-state index in [0.29, 0.717) is 18.8 Å². The molecule has 2 aromatic rings. The van der Waals surface area contributed by atoms with Crippen molar-refractivity contribution < 1.29 is 9.53 Å². The zero-order valence-electron chi connectivity index (χ0n) is 11.1. The van der Waals surface area contributed by atoms with Gasteiger partial charge in [0.15, 0.2) is 0 Å². The van der Waals surface area contributed by atoms with Crippen molar-refractivity contribution >= 4 is 47.3 Å². The molecule has 1 saturated heterocycles. The SMILES string of the molecule is Cl.Cl.O=C(Nc1ccnc2ccncc12)C1CNCCO1. The Hall–Kier alpha value is -1.47. The van der Waals surface area contributed by atoms with Crippen LogP contribution in [0.1, 0.15) is 0 Å². The summed E-state index contributed by atoms with van der Waals surface area (Å²) in [6.45, 7) is 1.87. The van der Waals surface area contributed by atoms with Crippen LogP contribution in [0.4, 0.5) is 5.69 Å². The first-order valence-corrected chi connectivity index (χ1v) is 6.16. The van der Waals surface area contributed by atoms with E-state index >= 15 is 0 Å². The zero-order valence-corrected chi connectivity index (χ0v) is 12.7. The third-order valence-electron chi connectivity index (χ3n) is 3.02. The number of halogens is 2. The van der Waals surface area contributed by atoms with Crippen LogP contribution in [0.2, 0.25) is 0 Å². The number of fused-ring (bicyclic) bond motifs is 1. The van der Waals surface area contributed by atoms with Crippen LogP contribution >= 0.6 is 24.8 Å². The number of carbonyl (C=O) groups excluding carboxylic acids is 1. The van der Waals surface area contributed by atoms with Gasteiger partial charge in [-0.05, 0) is 12.1 Å². The summed E-state index contributed by atoms with van der Waals surface area (Å²) in [6.07, 6.45) is 4.58. The van der Waals surface area contributed by atoms with Gasteiger partial charge in [-0.2, -0.15) is 0 Å². The summed E-state index contributed by atoms with van der Waals surface area (Å²) in [4.78, 5) is 20.4. The summed E-state index contributed by atoms with van der Waals surface area (Å²) >= 11 is 0. The Bertz CT molecular complexity index is 600. The lowest BCUT2D eigenvalue weighted by Crippen LogP contribution is -2.45. The molecule has 1 fully saturated rings. The van der Waals surface area contributed by atoms with Gasteiger partial charge in [0, 0.05) is 37.1 Å². The minimum atomic E-state index is -0.450. The van der Waals surface area contributed by atoms with Gasteiger partial charge in [-0.15, -0.1) is 24.8 Å². The van der Waals surface area contributed by atoms with E-state index < -0.39 is 6.10 Å². The van der Waals surface area contributed by atoms with Crippen LogP contribution in [0.3, 0.4) is 0 Å². The molecule has 0 bridgehead atoms. The van der Waals surface area contributed by atoms with Crippen molar-refractivity contribution in [2.45, 2.75) is 6.10 Å². The molecule has 2 aromatic heterocycles. The number of amides is 1. The molecular weight excluding hydrogens is 315 g/mol. The van der Waals surface area contributed by atoms with Crippen molar-refractivity contribution in [2.24, 2.45) is 0 Å². The smallest absolute Gasteiger partial charge is 0.254 e. The average Bonchev–Trinajstić information content (AvgIpc) is 2.48. The molecule has 114 valence electrons. The topological polar surface area (TPSA) is 76.1 Å². The highest BCUT2D eigenvalue weighted by Gasteiger charge is 2.22. The van der Waals surface area contributed by atoms with Crippen LogP contribution in [-0.2, 0) is 9.53 Å². The molecule has 2 N–H and O–H groups in total. The number of anilines is 1. The number of nitrogens with zero attached hydrogens (tertiary/aromatic N) is 2. The highest BCUT2D eigenvalue weighted by molar-refractivity contribution is 6.02. The van der Waals surface area contributed by atoms with E-state index in [0.717, 1.165) is 17.4 Å². The van der Waals surface area contributed by atoms with Crippen molar-refractivity contribution in [1.29, 1.82) is 0 Å². The Labute approximate surface area is 134 Å². The van der Waals surface area contributed by atoms with E-state index in [2.05, 4.69) is 20.6 Å². The van der Waals surface area contributed by atoms with Gasteiger partial charge in [0.2, 0.25) is 0 Å². The maximum Gasteiger partial charge on any atom is 0.254 e. The van der Waals surface area contributed by atoms with E-state index in [-0.39, 0.29) is 30.7 Å². The van der Waals surface area contributed by atoms with E-state index in [1.165, 1.54) is 0 Å². The van der Waals surface area contributed by atoms with Crippen LogP contribution in [0.25, 0.3) is 10.9 Å². The lowest BCUT2D eigenvalue weighted by molar-refractivity contribution is -0.128. The molecule has 21 heavy (non-hydrogen) atoms. The van der Waals surface area contributed by atoms with Gasteiger partial charge in [-0.3, -0.25) is 14.8 Å². The zero-order chi connectivity index (χ0) is 13.1. The van der Waals surface area contributed by atoms with Gasteiger partial charge in [-0.25, -0.2) is 0 Å². The molecule has 1 unspecified atom stereocenters. The molecule has 3 heterocycles. The minimum absolute atomic E-state index is 0. The van der Waals surface area contributed by atoms with Crippen molar-refractivity contribution in [3.63, 3.8) is 0 Å². The molecule has 6 nitrogen and oxygen atoms in total. The van der Waals surface area contributed by atoms with Crippen molar-refractivity contribution in [2.75, 3.05) is 25.0 Å². The predicted octanol–water partition coefficient (Wildman–Crippen LogP) is 1.40. The number of morpholine rings is 1. The molecule has 1 aliphatic rings. The summed E-state index contributed by atoms with van der Waals surface area (Å²) in [7, 11) is 0. The maximum absolute atomic E-state index is 12.1. The summed E-state index contributed by atoms with van der Waals surface area (Å²) in [5, 5.41) is 6.82. The fourth-order valence-corrected chi connectivity index (χ4v) is 2.05. The van der Waals surface area contributed by atoms with Crippen LogP contribution in [0, 0.1) is 0 Å². The molecule has 1 aliphatic heterocycles. The van der Waals surface area contributed by atoms with Gasteiger partial charge < -0.3 is 15.4 Å². The van der Waals surface area contributed by atoms with E-state index in [9.17, 15) is 4.79 Å². The normalized spacial score (nSPS) is 17.4. The number of carbonyl (C=O) groups is 1. The second-order valence-electron chi connectivity index (χ2n) is 4.30. The minimum Gasteiger partial charge on any atom is -0.366 e. The third-order valence-corrected chi connectivity index (χ3v) is 3.02. The Morgan fingerprint density at radius 1 is 1.33 bits per heavy atom. The lowest BCUT2D eigenvalue weighted by atomic mass is 10.2. The van der Waals surface area contributed by atoms with Gasteiger partial charge in [0.25, 0.3) is 5.91 Å². The number of hydrogen-bond donors (Lipinski definition) is 2. The monoisotopic (exact) mass is 330 g/mol. The standard InChI is InChI=1S/C13H14N4O2.2ClH/c18-13(12-8-15-5-6-19-12)17-11-2-4-16-10-1-3-14-7-9(10)11;;/h1-4,7,12,15H,5-6,8H2,(H,16,17,18);2*1H. The molecule has 1 atom stereocenters. The predicted molar refractivity (Wildman–Crippen MR) is 85.3 cm³/mol. The molecule has 0 aliphatic carbocycles. The fourth-order valence-electron chi connectivity index (χ4n) is 2.05. The number of rotatable bonds is 2. The summed E-state index contributed by atoms with van der Waals surface area (Å²) in [5.41, 5.74) is 1.51. The van der Waals surface area contributed by atoms with E-state index in [1.807, 2.05) is 6.07 Å². The highest BCUT2D eigenvalue weighted by Crippen LogP contribution is 2.20. The van der Waals surface area contributed by atoms with E-state index in [1.54, 1.807) is 24.7 Å². The molecule has 8 heteroatoms. The molecule has 0 spiro atoms. The summed E-state index contributed by atoms with van der Waals surface area (Å²) in [5.74, 6) is -0.149. The van der Waals surface area contributed by atoms with Gasteiger partial charge >= 0.3 is 0 Å². The first-order chi connectivity index (χ1) is 9.34. The largest absolute Gasteiger partial charge is 0.366 e. The fraction of sp³-hybridized carbons (Fsp3) is 0.308. The Morgan fingerprint density at radius 2 is 2.19 bits per heavy atom. The Kier molecular flexibility index (Phi) is 6.77. The summed E-state index contributed by atoms with van der Waals surface area (Å²) in [6, 6.07) is 3.57. The first kappa shape index (κ1) is 17.6. The molecule has 0 saturated carbocycles. The number of pyridine rings is 2. The summed E-state index contributed by atoms with van der Waals surface area (Å²) < 4.78 is 5.42. The number of ether oxygens (including phenoxy) is 1. The second kappa shape index (κ2) is 8.09. The van der Waals surface area contributed by atoms with Crippen LogP contribution < -0.4 is 10.6 Å². The molecular formula is C13H16Cl2N4O2. The van der Waals surface area contributed by atoms with E-state index in [4.69, 9.17) is 4.74 Å². The highest BCUT2D eigenvalue weighted by atomic mass is 35.5. The van der Waals surface area contributed by atoms with Crippen molar-refractivity contribution in [1.82, 2.24) is 15.3 Å². The maximum atomic E-state index is 12.1. The third kappa shape index (κ3) is 4.01. The van der Waals surface area contributed by atoms with Crippen LogP contribution in [0.5, 0.6) is 0 Å². The molecule has 1 amide bonds. The molecule has 3 rings (SSSR count). The Morgan fingerprint density at radius 3 is 2.95 bits per heavy atom. The van der Waals surface area contributed by atoms with Gasteiger partial charge in [0.05, 0.1) is 17.8 Å². The van der Waals surface area contributed by atoms with Crippen molar-refractivity contribution in [3.05, 3.63) is 30.7 Å². The number of nitrogens with one attached hydrogen (secondary N) is 2. The lowest BCUT2D eigenvalue weighted by Gasteiger charge is -2.22. The van der Waals surface area contributed by atoms with Gasteiger partial charge in [-0.1, -0.05) is 0 Å². The molecule has 0 aromatic carbocycles. The number of hydrogen-bond acceptors (Lipinski definition) is 5. The van der Waals surface area contributed by atoms with Crippen molar-refractivity contribution in [3.8, 4) is 0 Å². The van der Waals surface area contributed by atoms with Crippen LogP contribution in [-0.4, -0.2) is 41.7 Å².